The van der Waals surface area contributed by atoms with Gasteiger partial charge in [-0.3, -0.25) is 4.79 Å². The molecule has 0 radical (unpaired) electrons. The van der Waals surface area contributed by atoms with Crippen molar-refractivity contribution in [2.75, 3.05) is 18.5 Å². The number of carbonyl (C=O) groups is 1. The predicted molar refractivity (Wildman–Crippen MR) is 83.2 cm³/mol. The summed E-state index contributed by atoms with van der Waals surface area (Å²) in [5.74, 6) is 0.180. The highest BCUT2D eigenvalue weighted by Gasteiger charge is 2.27. The molecule has 0 bridgehead atoms. The Morgan fingerprint density at radius 1 is 1.24 bits per heavy atom. The first-order chi connectivity index (χ1) is 10.3. The van der Waals surface area contributed by atoms with Gasteiger partial charge in [-0.25, -0.2) is 0 Å². The monoisotopic (exact) mass is 288 g/mol. The average molecular weight is 288 g/mol. The largest absolute Gasteiger partial charge is 0.381 e. The molecule has 1 aromatic carbocycles. The molecule has 21 heavy (non-hydrogen) atoms. The van der Waals surface area contributed by atoms with Gasteiger partial charge in [0.2, 0.25) is 5.91 Å². The molecule has 1 fully saturated rings. The van der Waals surface area contributed by atoms with Gasteiger partial charge >= 0.3 is 0 Å². The maximum Gasteiger partial charge on any atom is 0.241 e. The molecule has 1 aromatic rings. The van der Waals surface area contributed by atoms with Gasteiger partial charge in [0.05, 0.1) is 6.04 Å². The van der Waals surface area contributed by atoms with Crippen LogP contribution in [0.1, 0.15) is 36.8 Å². The molecule has 1 aliphatic heterocycles. The molecular weight excluding hydrogens is 264 g/mol. The Balaban J connectivity index is 1.69. The van der Waals surface area contributed by atoms with Crippen LogP contribution in [-0.4, -0.2) is 25.2 Å². The second-order valence-electron chi connectivity index (χ2n) is 6.12. The van der Waals surface area contributed by atoms with Crippen LogP contribution in [0.3, 0.4) is 0 Å². The van der Waals surface area contributed by atoms with E-state index in [1.165, 1.54) is 24.0 Å². The van der Waals surface area contributed by atoms with Crippen molar-refractivity contribution in [1.82, 2.24) is 0 Å². The molecule has 114 valence electrons. The summed E-state index contributed by atoms with van der Waals surface area (Å²) in [7, 11) is 0. The minimum absolute atomic E-state index is 0.0547. The summed E-state index contributed by atoms with van der Waals surface area (Å²) in [6.07, 6.45) is 6.37. The third kappa shape index (κ3) is 3.27. The zero-order valence-corrected chi connectivity index (χ0v) is 12.4. The first-order valence-corrected chi connectivity index (χ1v) is 8.00. The van der Waals surface area contributed by atoms with Crippen LogP contribution in [0.4, 0.5) is 5.69 Å². The van der Waals surface area contributed by atoms with Crippen LogP contribution < -0.4 is 11.1 Å². The summed E-state index contributed by atoms with van der Waals surface area (Å²) in [5, 5.41) is 3.06. The number of anilines is 1. The summed E-state index contributed by atoms with van der Waals surface area (Å²) in [4.78, 5) is 12.4. The molecule has 1 aliphatic carbocycles. The molecule has 3 rings (SSSR count). The number of rotatable bonds is 3. The lowest BCUT2D eigenvalue weighted by Gasteiger charge is -2.27. The quantitative estimate of drug-likeness (QED) is 0.896. The Morgan fingerprint density at radius 3 is 2.81 bits per heavy atom. The number of hydrogen-bond donors (Lipinski definition) is 2. The lowest BCUT2D eigenvalue weighted by atomic mass is 9.89. The number of benzene rings is 1. The van der Waals surface area contributed by atoms with E-state index in [4.69, 9.17) is 10.5 Å². The van der Waals surface area contributed by atoms with E-state index in [0.29, 0.717) is 13.2 Å². The Kier molecular flexibility index (Phi) is 4.56. The van der Waals surface area contributed by atoms with E-state index >= 15 is 0 Å². The van der Waals surface area contributed by atoms with Crippen LogP contribution in [0, 0.1) is 5.92 Å². The fourth-order valence-corrected chi connectivity index (χ4v) is 3.40. The van der Waals surface area contributed by atoms with E-state index in [-0.39, 0.29) is 11.8 Å². The van der Waals surface area contributed by atoms with E-state index in [0.717, 1.165) is 31.4 Å². The molecule has 4 nitrogen and oxygen atoms in total. The standard InChI is InChI=1S/C17H24N2O2/c18-16(13-8-10-21-11-9-13)17(20)19-15-7-3-5-12-4-1-2-6-14(12)15/h3,5,7,13,16H,1-2,4,6,8-11,18H2,(H,19,20). The predicted octanol–water partition coefficient (Wildman–Crippen LogP) is 2.26. The summed E-state index contributed by atoms with van der Waals surface area (Å²) in [6.45, 7) is 1.43. The number of nitrogens with two attached hydrogens (primary N) is 1. The van der Waals surface area contributed by atoms with Gasteiger partial charge in [-0.1, -0.05) is 12.1 Å². The number of carbonyl (C=O) groups excluding carboxylic acids is 1. The molecule has 0 aromatic heterocycles. The average Bonchev–Trinajstić information content (AvgIpc) is 2.55. The maximum atomic E-state index is 12.4. The van der Waals surface area contributed by atoms with Crippen molar-refractivity contribution in [1.29, 1.82) is 0 Å². The summed E-state index contributed by atoms with van der Waals surface area (Å²) in [5.41, 5.74) is 9.78. The third-order valence-electron chi connectivity index (χ3n) is 4.73. The van der Waals surface area contributed by atoms with E-state index < -0.39 is 6.04 Å². The van der Waals surface area contributed by atoms with E-state index in [9.17, 15) is 4.79 Å². The van der Waals surface area contributed by atoms with Crippen molar-refractivity contribution in [3.8, 4) is 0 Å². The van der Waals surface area contributed by atoms with E-state index in [1.54, 1.807) is 0 Å². The third-order valence-corrected chi connectivity index (χ3v) is 4.73. The number of fused-ring (bicyclic) bond motifs is 1. The zero-order chi connectivity index (χ0) is 14.7. The van der Waals surface area contributed by atoms with Crippen molar-refractivity contribution in [2.24, 2.45) is 11.7 Å². The molecule has 0 spiro atoms. The minimum Gasteiger partial charge on any atom is -0.381 e. The van der Waals surface area contributed by atoms with Crippen molar-refractivity contribution >= 4 is 11.6 Å². The van der Waals surface area contributed by atoms with Gasteiger partial charge in [-0.2, -0.15) is 0 Å². The van der Waals surface area contributed by atoms with Gasteiger partial charge in [0, 0.05) is 18.9 Å². The Labute approximate surface area is 126 Å². The molecule has 2 aliphatic rings. The SMILES string of the molecule is NC(C(=O)Nc1cccc2c1CCCC2)C1CCOCC1. The van der Waals surface area contributed by atoms with Crippen LogP contribution in [0.25, 0.3) is 0 Å². The molecule has 1 atom stereocenters. The highest BCUT2D eigenvalue weighted by Crippen LogP contribution is 2.28. The molecular formula is C17H24N2O2. The van der Waals surface area contributed by atoms with Crippen LogP contribution in [-0.2, 0) is 22.4 Å². The number of nitrogens with one attached hydrogen (secondary N) is 1. The molecule has 0 saturated carbocycles. The van der Waals surface area contributed by atoms with Gasteiger partial charge in [0.1, 0.15) is 0 Å². The highest BCUT2D eigenvalue weighted by atomic mass is 16.5. The first-order valence-electron chi connectivity index (χ1n) is 8.00. The van der Waals surface area contributed by atoms with Crippen LogP contribution in [0.15, 0.2) is 18.2 Å². The summed E-state index contributed by atoms with van der Waals surface area (Å²) < 4.78 is 5.34. The minimum atomic E-state index is -0.437. The Morgan fingerprint density at radius 2 is 2.00 bits per heavy atom. The molecule has 4 heteroatoms. The number of ether oxygens (including phenoxy) is 1. The van der Waals surface area contributed by atoms with E-state index in [1.807, 2.05) is 12.1 Å². The fraction of sp³-hybridized carbons (Fsp3) is 0.588. The summed E-state index contributed by atoms with van der Waals surface area (Å²) >= 11 is 0. The molecule has 3 N–H and O–H groups in total. The lowest BCUT2D eigenvalue weighted by molar-refractivity contribution is -0.119. The van der Waals surface area contributed by atoms with Crippen molar-refractivity contribution in [3.63, 3.8) is 0 Å². The van der Waals surface area contributed by atoms with Crippen LogP contribution in [0.5, 0.6) is 0 Å². The molecule has 1 saturated heterocycles. The van der Waals surface area contributed by atoms with Gasteiger partial charge in [0.15, 0.2) is 0 Å². The first kappa shape index (κ1) is 14.5. The zero-order valence-electron chi connectivity index (χ0n) is 12.4. The molecule has 1 unspecified atom stereocenters. The van der Waals surface area contributed by atoms with Crippen molar-refractivity contribution < 1.29 is 9.53 Å². The maximum absolute atomic E-state index is 12.4. The summed E-state index contributed by atoms with van der Waals surface area (Å²) in [6, 6.07) is 5.76. The number of hydrogen-bond acceptors (Lipinski definition) is 3. The number of aryl methyl sites for hydroxylation is 1. The van der Waals surface area contributed by atoms with Crippen molar-refractivity contribution in [2.45, 2.75) is 44.6 Å². The van der Waals surface area contributed by atoms with Crippen molar-refractivity contribution in [3.05, 3.63) is 29.3 Å². The lowest BCUT2D eigenvalue weighted by Crippen LogP contribution is -2.44. The van der Waals surface area contributed by atoms with Gasteiger partial charge in [-0.05, 0) is 61.6 Å². The van der Waals surface area contributed by atoms with E-state index in [2.05, 4.69) is 11.4 Å². The van der Waals surface area contributed by atoms with Gasteiger partial charge in [-0.15, -0.1) is 0 Å². The second-order valence-corrected chi connectivity index (χ2v) is 6.12. The second kappa shape index (κ2) is 6.58. The van der Waals surface area contributed by atoms with Gasteiger partial charge in [0.25, 0.3) is 0 Å². The molecule has 1 amide bonds. The Bertz CT molecular complexity index is 510. The Hall–Kier alpha value is -1.39. The normalized spacial score (nSPS) is 20.6. The van der Waals surface area contributed by atoms with Crippen LogP contribution >= 0.6 is 0 Å². The highest BCUT2D eigenvalue weighted by molar-refractivity contribution is 5.95. The van der Waals surface area contributed by atoms with Crippen LogP contribution in [0.2, 0.25) is 0 Å². The number of amides is 1. The molecule has 1 heterocycles. The van der Waals surface area contributed by atoms with Gasteiger partial charge < -0.3 is 15.8 Å². The fourth-order valence-electron chi connectivity index (χ4n) is 3.40. The smallest absolute Gasteiger partial charge is 0.241 e. The topological polar surface area (TPSA) is 64.4 Å².